The average molecular weight is 127 g/mol. The highest BCUT2D eigenvalue weighted by atomic mass is 15.1. The van der Waals surface area contributed by atoms with Gasteiger partial charge in [-0.05, 0) is 20.1 Å². The molecule has 2 nitrogen and oxygen atoms in total. The molecule has 54 valence electrons. The van der Waals surface area contributed by atoms with E-state index in [0.29, 0.717) is 6.04 Å². The molecular formula is C7H15N2-. The monoisotopic (exact) mass is 127 g/mol. The Morgan fingerprint density at radius 3 is 2.33 bits per heavy atom. The lowest BCUT2D eigenvalue weighted by Crippen LogP contribution is -2.32. The Morgan fingerprint density at radius 2 is 1.89 bits per heavy atom. The van der Waals surface area contributed by atoms with Crippen molar-refractivity contribution in [1.29, 1.82) is 0 Å². The summed E-state index contributed by atoms with van der Waals surface area (Å²) < 4.78 is 0. The largest absolute Gasteiger partial charge is 0.662 e. The summed E-state index contributed by atoms with van der Waals surface area (Å²) in [5.41, 5.74) is 0. The molecule has 0 aliphatic carbocycles. The Morgan fingerprint density at radius 1 is 1.33 bits per heavy atom. The first-order chi connectivity index (χ1) is 4.33. The molecule has 0 unspecified atom stereocenters. The fourth-order valence-corrected chi connectivity index (χ4v) is 1.25. The third kappa shape index (κ3) is 1.95. The van der Waals surface area contributed by atoms with Crippen molar-refractivity contribution in [3.8, 4) is 0 Å². The molecule has 0 spiro atoms. The predicted molar refractivity (Wildman–Crippen MR) is 39.8 cm³/mol. The Balaban J connectivity index is 2.18. The second kappa shape index (κ2) is 3.18. The van der Waals surface area contributed by atoms with Crippen LogP contribution in [-0.2, 0) is 0 Å². The van der Waals surface area contributed by atoms with E-state index < -0.39 is 0 Å². The molecule has 1 fully saturated rings. The predicted octanol–water partition coefficient (Wildman–Crippen LogP) is 1.08. The van der Waals surface area contributed by atoms with E-state index >= 15 is 0 Å². The van der Waals surface area contributed by atoms with Gasteiger partial charge in [0.05, 0.1) is 0 Å². The number of hydrogen-bond donors (Lipinski definition) is 0. The van der Waals surface area contributed by atoms with Crippen LogP contribution in [0.5, 0.6) is 0 Å². The van der Waals surface area contributed by atoms with Gasteiger partial charge in [0.1, 0.15) is 0 Å². The molecule has 1 heterocycles. The van der Waals surface area contributed by atoms with E-state index in [-0.39, 0.29) is 0 Å². The van der Waals surface area contributed by atoms with Crippen LogP contribution in [0.2, 0.25) is 0 Å². The van der Waals surface area contributed by atoms with Crippen molar-refractivity contribution >= 4 is 0 Å². The Hall–Kier alpha value is -0.0800. The van der Waals surface area contributed by atoms with Crippen molar-refractivity contribution in [2.75, 3.05) is 27.2 Å². The van der Waals surface area contributed by atoms with Crippen molar-refractivity contribution < 1.29 is 0 Å². The Labute approximate surface area is 57.2 Å². The summed E-state index contributed by atoms with van der Waals surface area (Å²) in [6, 6.07) is 0.654. The van der Waals surface area contributed by atoms with Gasteiger partial charge >= 0.3 is 0 Å². The molecule has 1 aliphatic rings. The fraction of sp³-hybridized carbons (Fsp3) is 1.00. The summed E-state index contributed by atoms with van der Waals surface area (Å²) >= 11 is 0. The third-order valence-corrected chi connectivity index (χ3v) is 2.05. The molecule has 1 rings (SSSR count). The van der Waals surface area contributed by atoms with Crippen LogP contribution in [0, 0.1) is 0 Å². The first-order valence-corrected chi connectivity index (χ1v) is 3.60. The maximum Gasteiger partial charge on any atom is -0.00357 e. The quantitative estimate of drug-likeness (QED) is 0.515. The van der Waals surface area contributed by atoms with Gasteiger partial charge in [-0.25, -0.2) is 0 Å². The highest BCUT2D eigenvalue weighted by Gasteiger charge is 2.07. The molecule has 0 aromatic rings. The minimum atomic E-state index is 0.654. The number of nitrogens with zero attached hydrogens (tertiary/aromatic N) is 2. The van der Waals surface area contributed by atoms with Crippen LogP contribution >= 0.6 is 0 Å². The standard InChI is InChI=1S/C7H15N2/c1-8-7-3-5-9(2)6-4-7/h7H,3-6H2,1-2H3/q-1. The SMILES string of the molecule is C[N-]C1CCN(C)CC1. The third-order valence-electron chi connectivity index (χ3n) is 2.05. The highest BCUT2D eigenvalue weighted by Crippen LogP contribution is 2.13. The van der Waals surface area contributed by atoms with E-state index in [2.05, 4.69) is 17.3 Å². The van der Waals surface area contributed by atoms with Crippen LogP contribution in [0.1, 0.15) is 12.8 Å². The van der Waals surface area contributed by atoms with Crippen LogP contribution < -0.4 is 0 Å². The van der Waals surface area contributed by atoms with Crippen LogP contribution in [0.15, 0.2) is 0 Å². The summed E-state index contributed by atoms with van der Waals surface area (Å²) in [6.07, 6.45) is 2.51. The van der Waals surface area contributed by atoms with Crippen molar-refractivity contribution in [3.63, 3.8) is 0 Å². The first kappa shape index (κ1) is 7.03. The molecule has 1 aliphatic heterocycles. The van der Waals surface area contributed by atoms with Crippen molar-refractivity contribution in [2.45, 2.75) is 18.9 Å². The van der Waals surface area contributed by atoms with Gasteiger partial charge in [0, 0.05) is 0 Å². The molecular weight excluding hydrogens is 112 g/mol. The van der Waals surface area contributed by atoms with Crippen molar-refractivity contribution in [2.24, 2.45) is 0 Å². The Bertz CT molecular complexity index is 75.0. The summed E-state index contributed by atoms with van der Waals surface area (Å²) in [4.78, 5) is 2.36. The van der Waals surface area contributed by atoms with Gasteiger partial charge in [0.15, 0.2) is 0 Å². The minimum Gasteiger partial charge on any atom is -0.662 e. The zero-order chi connectivity index (χ0) is 6.69. The van der Waals surface area contributed by atoms with E-state index in [1.807, 2.05) is 7.05 Å². The van der Waals surface area contributed by atoms with Crippen LogP contribution in [0.4, 0.5) is 0 Å². The number of hydrogen-bond acceptors (Lipinski definition) is 1. The van der Waals surface area contributed by atoms with Gasteiger partial charge in [-0.3, -0.25) is 0 Å². The highest BCUT2D eigenvalue weighted by molar-refractivity contribution is 4.89. The van der Waals surface area contributed by atoms with E-state index in [1.54, 1.807) is 0 Å². The maximum atomic E-state index is 4.26. The smallest absolute Gasteiger partial charge is 0.00357 e. The van der Waals surface area contributed by atoms with E-state index in [1.165, 1.54) is 25.9 Å². The lowest BCUT2D eigenvalue weighted by Gasteiger charge is -2.36. The summed E-state index contributed by atoms with van der Waals surface area (Å²) in [5.74, 6) is 0. The number of likely N-dealkylation sites (tertiary alicyclic amines) is 1. The van der Waals surface area contributed by atoms with Crippen molar-refractivity contribution in [1.82, 2.24) is 4.90 Å². The van der Waals surface area contributed by atoms with E-state index in [9.17, 15) is 0 Å². The zero-order valence-electron chi connectivity index (χ0n) is 6.30. The molecule has 0 aromatic carbocycles. The topological polar surface area (TPSA) is 17.3 Å². The van der Waals surface area contributed by atoms with E-state index in [0.717, 1.165) is 0 Å². The molecule has 0 saturated carbocycles. The second-order valence-electron chi connectivity index (χ2n) is 2.79. The second-order valence-corrected chi connectivity index (χ2v) is 2.79. The lowest BCUT2D eigenvalue weighted by atomic mass is 10.1. The summed E-state index contributed by atoms with van der Waals surface area (Å²) in [6.45, 7) is 2.45. The molecule has 0 N–H and O–H groups in total. The number of rotatable bonds is 1. The van der Waals surface area contributed by atoms with Gasteiger partial charge in [0.2, 0.25) is 0 Å². The average Bonchev–Trinajstić information content (AvgIpc) is 1.90. The molecule has 0 aromatic heterocycles. The maximum absolute atomic E-state index is 4.26. The molecule has 0 amide bonds. The van der Waals surface area contributed by atoms with Crippen LogP contribution in [-0.4, -0.2) is 38.1 Å². The minimum absolute atomic E-state index is 0.654. The van der Waals surface area contributed by atoms with Gasteiger partial charge in [-0.2, -0.15) is 7.05 Å². The van der Waals surface area contributed by atoms with Gasteiger partial charge in [-0.1, -0.05) is 12.8 Å². The van der Waals surface area contributed by atoms with Gasteiger partial charge in [0.25, 0.3) is 0 Å². The molecule has 1 saturated heterocycles. The summed E-state index contributed by atoms with van der Waals surface area (Å²) in [5, 5.41) is 4.26. The normalized spacial score (nSPS) is 24.7. The van der Waals surface area contributed by atoms with E-state index in [4.69, 9.17) is 0 Å². The zero-order valence-corrected chi connectivity index (χ0v) is 6.30. The van der Waals surface area contributed by atoms with Crippen molar-refractivity contribution in [3.05, 3.63) is 5.32 Å². The Kier molecular flexibility index (Phi) is 2.49. The van der Waals surface area contributed by atoms with Crippen LogP contribution in [0.3, 0.4) is 0 Å². The molecule has 2 heteroatoms. The number of piperidine rings is 1. The first-order valence-electron chi connectivity index (χ1n) is 3.60. The molecule has 0 atom stereocenters. The molecule has 0 radical (unpaired) electrons. The summed E-state index contributed by atoms with van der Waals surface area (Å²) in [7, 11) is 4.10. The van der Waals surface area contributed by atoms with Gasteiger partial charge in [-0.15, -0.1) is 6.04 Å². The molecule has 9 heavy (non-hydrogen) atoms. The lowest BCUT2D eigenvalue weighted by molar-refractivity contribution is 0.267. The van der Waals surface area contributed by atoms with Gasteiger partial charge < -0.3 is 10.2 Å². The molecule has 0 bridgehead atoms. The fourth-order valence-electron chi connectivity index (χ4n) is 1.25. The van der Waals surface area contributed by atoms with Crippen LogP contribution in [0.25, 0.3) is 5.32 Å².